The molecule has 0 bridgehead atoms. The third kappa shape index (κ3) is 4.91. The maximum absolute atomic E-state index is 14.0. The van der Waals surface area contributed by atoms with Crippen molar-refractivity contribution in [2.24, 2.45) is 5.73 Å². The summed E-state index contributed by atoms with van der Waals surface area (Å²) in [6.45, 7) is 6.48. The van der Waals surface area contributed by atoms with Gasteiger partial charge in [0.25, 0.3) is 5.91 Å². The fraction of sp³-hybridized carbons (Fsp3) is 0.296. The number of hydrogen-bond donors (Lipinski definition) is 2. The number of amides is 2. The fourth-order valence-corrected chi connectivity index (χ4v) is 4.56. The molecule has 0 saturated carbocycles. The normalized spacial score (nSPS) is 15.7. The molecule has 1 fully saturated rings. The predicted octanol–water partition coefficient (Wildman–Crippen LogP) is 5.22. The first-order valence-corrected chi connectivity index (χ1v) is 12.1. The summed E-state index contributed by atoms with van der Waals surface area (Å²) < 4.78 is 39.6. The minimum atomic E-state index is -0.819. The lowest BCUT2D eigenvalue weighted by Crippen LogP contribution is -2.35. The number of carbonyl (C=O) groups excluding carboxylic acids is 2. The Morgan fingerprint density at radius 3 is 2.53 bits per heavy atom. The molecule has 0 aliphatic carbocycles. The van der Waals surface area contributed by atoms with E-state index in [2.05, 4.69) is 10.1 Å². The van der Waals surface area contributed by atoms with Crippen LogP contribution < -0.4 is 10.5 Å². The number of aromatic nitrogens is 3. The maximum Gasteiger partial charge on any atom is 0.410 e. The maximum atomic E-state index is 14.0. The number of nitrogens with zero attached hydrogens (tertiary/aromatic N) is 3. The number of carbonyl (C=O) groups is 2. The van der Waals surface area contributed by atoms with Crippen LogP contribution in [0.3, 0.4) is 0 Å². The van der Waals surface area contributed by atoms with E-state index in [1.807, 2.05) is 20.8 Å². The van der Waals surface area contributed by atoms with Gasteiger partial charge in [0.15, 0.2) is 17.3 Å². The molecule has 1 saturated heterocycles. The number of H-pyrrole nitrogens is 1. The predicted molar refractivity (Wildman–Crippen MR) is 135 cm³/mol. The van der Waals surface area contributed by atoms with Crippen molar-refractivity contribution in [3.63, 3.8) is 0 Å². The molecule has 11 heteroatoms. The van der Waals surface area contributed by atoms with Crippen molar-refractivity contribution in [1.29, 1.82) is 0 Å². The van der Waals surface area contributed by atoms with Gasteiger partial charge in [-0.1, -0.05) is 0 Å². The molecule has 9 nitrogen and oxygen atoms in total. The molecule has 3 heterocycles. The van der Waals surface area contributed by atoms with Gasteiger partial charge in [0.05, 0.1) is 11.9 Å². The van der Waals surface area contributed by atoms with Crippen molar-refractivity contribution in [2.75, 3.05) is 13.1 Å². The minimum Gasteiger partial charge on any atom is -0.454 e. The largest absolute Gasteiger partial charge is 0.454 e. The van der Waals surface area contributed by atoms with Crippen LogP contribution >= 0.6 is 0 Å². The zero-order valence-corrected chi connectivity index (χ0v) is 21.1. The molecule has 198 valence electrons. The zero-order chi connectivity index (χ0) is 27.2. The Morgan fingerprint density at radius 2 is 1.87 bits per heavy atom. The van der Waals surface area contributed by atoms with E-state index >= 15 is 0 Å². The first-order chi connectivity index (χ1) is 18.0. The second kappa shape index (κ2) is 9.47. The average Bonchev–Trinajstić information content (AvgIpc) is 3.55. The van der Waals surface area contributed by atoms with E-state index in [0.717, 1.165) is 17.7 Å². The van der Waals surface area contributed by atoms with E-state index in [0.29, 0.717) is 42.2 Å². The van der Waals surface area contributed by atoms with Crippen LogP contribution in [-0.4, -0.2) is 50.2 Å². The summed E-state index contributed by atoms with van der Waals surface area (Å²) in [5, 5.41) is 4.40. The molecular formula is C27H27F2N5O4. The fourth-order valence-electron chi connectivity index (χ4n) is 4.56. The van der Waals surface area contributed by atoms with E-state index in [1.54, 1.807) is 35.4 Å². The molecule has 2 aromatic heterocycles. The van der Waals surface area contributed by atoms with Crippen LogP contribution in [0.1, 0.15) is 49.2 Å². The Bertz CT molecular complexity index is 1520. The van der Waals surface area contributed by atoms with Crippen molar-refractivity contribution >= 4 is 17.6 Å². The first kappa shape index (κ1) is 25.2. The molecule has 5 rings (SSSR count). The van der Waals surface area contributed by atoms with Gasteiger partial charge in [0.2, 0.25) is 0 Å². The van der Waals surface area contributed by atoms with Gasteiger partial charge < -0.3 is 25.1 Å². The molecule has 1 atom stereocenters. The van der Waals surface area contributed by atoms with Crippen LogP contribution in [0.2, 0.25) is 0 Å². The van der Waals surface area contributed by atoms with Crippen molar-refractivity contribution in [3.05, 3.63) is 71.6 Å². The van der Waals surface area contributed by atoms with Crippen LogP contribution in [0.5, 0.6) is 11.5 Å². The number of benzene rings is 2. The number of hydrogen-bond acceptors (Lipinski definition) is 5. The quantitative estimate of drug-likeness (QED) is 0.372. The third-order valence-electron chi connectivity index (χ3n) is 6.27. The lowest BCUT2D eigenvalue weighted by Gasteiger charge is -2.24. The average molecular weight is 524 g/mol. The standard InChI is InChI=1S/C27H27F2N5O4/c1-27(2,3)38-26(36)33-11-10-16(14-33)19-13-31-34-23(24(30)35)22(32-25(19)34)15-4-7-18(8-5-15)37-21-9-6-17(28)12-20(21)29/h4-9,12-13,16,32H,10-11,14H2,1-3H3,(H2,30,35). The van der Waals surface area contributed by atoms with Gasteiger partial charge in [0.1, 0.15) is 22.8 Å². The van der Waals surface area contributed by atoms with Crippen molar-refractivity contribution < 1.29 is 27.8 Å². The molecular weight excluding hydrogens is 496 g/mol. The highest BCUT2D eigenvalue weighted by Gasteiger charge is 2.33. The molecule has 2 amide bonds. The lowest BCUT2D eigenvalue weighted by atomic mass is 10.0. The highest BCUT2D eigenvalue weighted by Crippen LogP contribution is 2.34. The highest BCUT2D eigenvalue weighted by molar-refractivity contribution is 5.98. The molecule has 4 aromatic rings. The molecule has 0 radical (unpaired) electrons. The molecule has 0 spiro atoms. The number of imidazole rings is 1. The highest BCUT2D eigenvalue weighted by atomic mass is 19.1. The van der Waals surface area contributed by atoms with Crippen LogP contribution in [-0.2, 0) is 4.74 Å². The lowest BCUT2D eigenvalue weighted by molar-refractivity contribution is 0.0292. The Hall–Kier alpha value is -4.41. The smallest absolute Gasteiger partial charge is 0.410 e. The Morgan fingerprint density at radius 1 is 1.13 bits per heavy atom. The number of halogens is 2. The summed E-state index contributed by atoms with van der Waals surface area (Å²) in [6, 6.07) is 9.63. The minimum absolute atomic E-state index is 0.00590. The Balaban J connectivity index is 1.41. The van der Waals surface area contributed by atoms with Gasteiger partial charge in [-0.2, -0.15) is 5.10 Å². The second-order valence-corrected chi connectivity index (χ2v) is 10.2. The van der Waals surface area contributed by atoms with E-state index in [9.17, 15) is 18.4 Å². The second-order valence-electron chi connectivity index (χ2n) is 10.2. The molecule has 1 aliphatic heterocycles. The topological polar surface area (TPSA) is 115 Å². The first-order valence-electron chi connectivity index (χ1n) is 12.1. The molecule has 1 unspecified atom stereocenters. The zero-order valence-electron chi connectivity index (χ0n) is 21.1. The summed E-state index contributed by atoms with van der Waals surface area (Å²) in [5.41, 5.74) is 7.87. The summed E-state index contributed by atoms with van der Waals surface area (Å²) in [4.78, 5) is 29.9. The number of aromatic amines is 1. The molecule has 2 aromatic carbocycles. The number of nitrogens with two attached hydrogens (primary N) is 1. The number of likely N-dealkylation sites (tertiary alicyclic amines) is 1. The van der Waals surface area contributed by atoms with Crippen LogP contribution in [0.4, 0.5) is 13.6 Å². The summed E-state index contributed by atoms with van der Waals surface area (Å²) in [5.74, 6) is -1.98. The molecule has 38 heavy (non-hydrogen) atoms. The van der Waals surface area contributed by atoms with E-state index < -0.39 is 23.1 Å². The Kier molecular flexibility index (Phi) is 6.29. The van der Waals surface area contributed by atoms with E-state index in [1.165, 1.54) is 10.6 Å². The number of fused-ring (bicyclic) bond motifs is 1. The van der Waals surface area contributed by atoms with E-state index in [-0.39, 0.29) is 23.5 Å². The monoisotopic (exact) mass is 523 g/mol. The third-order valence-corrected chi connectivity index (χ3v) is 6.27. The Labute approximate surface area is 217 Å². The van der Waals surface area contributed by atoms with E-state index in [4.69, 9.17) is 15.2 Å². The number of rotatable bonds is 5. The van der Waals surface area contributed by atoms with Gasteiger partial charge >= 0.3 is 6.09 Å². The van der Waals surface area contributed by atoms with Crippen LogP contribution in [0.25, 0.3) is 16.9 Å². The van der Waals surface area contributed by atoms with Gasteiger partial charge in [-0.25, -0.2) is 18.1 Å². The number of primary amides is 1. The number of ether oxygens (including phenoxy) is 2. The SMILES string of the molecule is CC(C)(C)OC(=O)N1CCC(c2cnn3c(C(N)=O)c(-c4ccc(Oc5ccc(F)cc5F)cc4)[nH]c23)C1. The molecule has 3 N–H and O–H groups in total. The summed E-state index contributed by atoms with van der Waals surface area (Å²) in [6.07, 6.45) is 2.03. The van der Waals surface area contributed by atoms with Crippen molar-refractivity contribution in [2.45, 2.75) is 38.7 Å². The van der Waals surface area contributed by atoms with Gasteiger partial charge in [-0.05, 0) is 63.6 Å². The van der Waals surface area contributed by atoms with Gasteiger partial charge in [0, 0.05) is 36.2 Å². The molecule has 1 aliphatic rings. The summed E-state index contributed by atoms with van der Waals surface area (Å²) in [7, 11) is 0. The summed E-state index contributed by atoms with van der Waals surface area (Å²) >= 11 is 0. The van der Waals surface area contributed by atoms with Crippen LogP contribution in [0, 0.1) is 11.6 Å². The van der Waals surface area contributed by atoms with Crippen molar-refractivity contribution in [1.82, 2.24) is 19.5 Å². The van der Waals surface area contributed by atoms with Crippen molar-refractivity contribution in [3.8, 4) is 22.8 Å². The van der Waals surface area contributed by atoms with Gasteiger partial charge in [-0.15, -0.1) is 0 Å². The van der Waals surface area contributed by atoms with Crippen LogP contribution in [0.15, 0.2) is 48.7 Å². The number of nitrogens with one attached hydrogen (secondary N) is 1. The van der Waals surface area contributed by atoms with Gasteiger partial charge in [-0.3, -0.25) is 4.79 Å².